The van der Waals surface area contributed by atoms with Crippen LogP contribution in [0.5, 0.6) is 0 Å². The predicted octanol–water partition coefficient (Wildman–Crippen LogP) is 3.36. The van der Waals surface area contributed by atoms with E-state index in [4.69, 9.17) is 5.73 Å². The van der Waals surface area contributed by atoms with E-state index in [1.165, 1.54) is 22.9 Å². The summed E-state index contributed by atoms with van der Waals surface area (Å²) in [6, 6.07) is 9.24. The second-order valence-corrected chi connectivity index (χ2v) is 5.45. The molecular formula is C13H20BrClN2. The maximum atomic E-state index is 6.03. The SMILES string of the molecule is CC(c1ccccc1Br)N1CCCC(N)C1.Cl. The van der Waals surface area contributed by atoms with Crippen LogP contribution < -0.4 is 5.73 Å². The summed E-state index contributed by atoms with van der Waals surface area (Å²) in [5.74, 6) is 0. The zero-order chi connectivity index (χ0) is 11.5. The fourth-order valence-corrected chi connectivity index (χ4v) is 3.02. The highest BCUT2D eigenvalue weighted by molar-refractivity contribution is 9.10. The lowest BCUT2D eigenvalue weighted by Crippen LogP contribution is -2.43. The number of halogens is 2. The van der Waals surface area contributed by atoms with Gasteiger partial charge < -0.3 is 5.73 Å². The van der Waals surface area contributed by atoms with E-state index in [0.717, 1.165) is 13.1 Å². The second-order valence-electron chi connectivity index (χ2n) is 4.59. The maximum absolute atomic E-state index is 6.03. The summed E-state index contributed by atoms with van der Waals surface area (Å²) < 4.78 is 1.20. The van der Waals surface area contributed by atoms with Gasteiger partial charge in [0.25, 0.3) is 0 Å². The van der Waals surface area contributed by atoms with Gasteiger partial charge in [0.05, 0.1) is 0 Å². The van der Waals surface area contributed by atoms with Gasteiger partial charge in [-0.2, -0.15) is 0 Å². The Morgan fingerprint density at radius 2 is 2.12 bits per heavy atom. The summed E-state index contributed by atoms with van der Waals surface area (Å²) in [4.78, 5) is 2.48. The highest BCUT2D eigenvalue weighted by Gasteiger charge is 2.22. The molecule has 1 saturated heterocycles. The third-order valence-electron chi connectivity index (χ3n) is 3.39. The van der Waals surface area contributed by atoms with Crippen LogP contribution in [-0.4, -0.2) is 24.0 Å². The van der Waals surface area contributed by atoms with Crippen LogP contribution in [-0.2, 0) is 0 Å². The molecule has 1 heterocycles. The van der Waals surface area contributed by atoms with Crippen LogP contribution in [0.15, 0.2) is 28.7 Å². The molecule has 0 saturated carbocycles. The Hall–Kier alpha value is -0.0900. The molecule has 1 aliphatic rings. The lowest BCUT2D eigenvalue weighted by Gasteiger charge is -2.36. The van der Waals surface area contributed by atoms with Gasteiger partial charge in [0, 0.05) is 23.1 Å². The fourth-order valence-electron chi connectivity index (χ4n) is 2.40. The molecule has 0 bridgehead atoms. The fraction of sp³-hybridized carbons (Fsp3) is 0.538. The number of benzene rings is 1. The highest BCUT2D eigenvalue weighted by atomic mass is 79.9. The monoisotopic (exact) mass is 318 g/mol. The van der Waals surface area contributed by atoms with Gasteiger partial charge in [-0.3, -0.25) is 4.90 Å². The largest absolute Gasteiger partial charge is 0.327 e. The first-order chi connectivity index (χ1) is 7.68. The number of nitrogens with two attached hydrogens (primary N) is 1. The molecule has 1 aliphatic heterocycles. The Morgan fingerprint density at radius 1 is 1.41 bits per heavy atom. The standard InChI is InChI=1S/C13H19BrN2.ClH/c1-10(12-6-2-3-7-13(12)14)16-8-4-5-11(15)9-16;/h2-3,6-7,10-11H,4-5,8-9,15H2,1H3;1H. The van der Waals surface area contributed by atoms with Gasteiger partial charge in [-0.05, 0) is 37.9 Å². The van der Waals surface area contributed by atoms with Gasteiger partial charge in [0.2, 0.25) is 0 Å². The lowest BCUT2D eigenvalue weighted by atomic mass is 10.0. The molecule has 0 aromatic heterocycles. The second kappa shape index (κ2) is 6.74. The van der Waals surface area contributed by atoms with Gasteiger partial charge in [-0.15, -0.1) is 12.4 Å². The molecule has 0 aliphatic carbocycles. The van der Waals surface area contributed by atoms with Crippen molar-refractivity contribution in [3.8, 4) is 0 Å². The van der Waals surface area contributed by atoms with Crippen LogP contribution in [0, 0.1) is 0 Å². The molecule has 2 unspecified atom stereocenters. The van der Waals surface area contributed by atoms with Crippen molar-refractivity contribution in [2.75, 3.05) is 13.1 Å². The molecule has 2 nitrogen and oxygen atoms in total. The summed E-state index contributed by atoms with van der Waals surface area (Å²) in [6.07, 6.45) is 2.38. The van der Waals surface area contributed by atoms with Crippen molar-refractivity contribution in [3.05, 3.63) is 34.3 Å². The molecule has 2 atom stereocenters. The summed E-state index contributed by atoms with van der Waals surface area (Å²) in [7, 11) is 0. The number of nitrogens with zero attached hydrogens (tertiary/aromatic N) is 1. The molecule has 1 aromatic carbocycles. The van der Waals surface area contributed by atoms with Crippen molar-refractivity contribution in [2.45, 2.75) is 31.8 Å². The van der Waals surface area contributed by atoms with E-state index in [2.05, 4.69) is 52.0 Å². The molecule has 0 spiro atoms. The molecule has 1 fully saturated rings. The average Bonchev–Trinajstić information content (AvgIpc) is 2.29. The minimum atomic E-state index is 0. The first-order valence-corrected chi connectivity index (χ1v) is 6.72. The van der Waals surface area contributed by atoms with E-state index in [9.17, 15) is 0 Å². The Kier molecular flexibility index (Phi) is 5.93. The predicted molar refractivity (Wildman–Crippen MR) is 78.6 cm³/mol. The molecule has 4 heteroatoms. The van der Waals surface area contributed by atoms with Gasteiger partial charge in [0.15, 0.2) is 0 Å². The molecule has 96 valence electrons. The number of likely N-dealkylation sites (tertiary alicyclic amines) is 1. The molecule has 17 heavy (non-hydrogen) atoms. The lowest BCUT2D eigenvalue weighted by molar-refractivity contribution is 0.159. The van der Waals surface area contributed by atoms with Crippen LogP contribution in [0.3, 0.4) is 0 Å². The number of rotatable bonds is 2. The highest BCUT2D eigenvalue weighted by Crippen LogP contribution is 2.29. The van der Waals surface area contributed by atoms with Crippen molar-refractivity contribution >= 4 is 28.3 Å². The Labute approximate surface area is 118 Å². The maximum Gasteiger partial charge on any atom is 0.0331 e. The van der Waals surface area contributed by atoms with Crippen LogP contribution in [0.4, 0.5) is 0 Å². The minimum Gasteiger partial charge on any atom is -0.327 e. The molecule has 0 radical (unpaired) electrons. The van der Waals surface area contributed by atoms with E-state index in [1.807, 2.05) is 0 Å². The van der Waals surface area contributed by atoms with Crippen molar-refractivity contribution in [1.82, 2.24) is 4.90 Å². The third-order valence-corrected chi connectivity index (χ3v) is 4.11. The molecule has 0 amide bonds. The van der Waals surface area contributed by atoms with Gasteiger partial charge in [-0.25, -0.2) is 0 Å². The first kappa shape index (κ1) is 15.0. The summed E-state index contributed by atoms with van der Waals surface area (Å²) in [5, 5.41) is 0. The van der Waals surface area contributed by atoms with Crippen molar-refractivity contribution in [3.63, 3.8) is 0 Å². The van der Waals surface area contributed by atoms with Gasteiger partial charge in [0.1, 0.15) is 0 Å². The number of hydrogen-bond donors (Lipinski definition) is 1. The number of hydrogen-bond acceptors (Lipinski definition) is 2. The quantitative estimate of drug-likeness (QED) is 0.906. The first-order valence-electron chi connectivity index (χ1n) is 5.92. The van der Waals surface area contributed by atoms with Gasteiger partial charge in [-0.1, -0.05) is 34.1 Å². The topological polar surface area (TPSA) is 29.3 Å². The average molecular weight is 320 g/mol. The van der Waals surface area contributed by atoms with E-state index in [1.54, 1.807) is 0 Å². The zero-order valence-corrected chi connectivity index (χ0v) is 12.5. The van der Waals surface area contributed by atoms with E-state index in [-0.39, 0.29) is 12.4 Å². The molecule has 1 aromatic rings. The van der Waals surface area contributed by atoms with Crippen molar-refractivity contribution in [2.24, 2.45) is 5.73 Å². The van der Waals surface area contributed by atoms with Crippen LogP contribution in [0.25, 0.3) is 0 Å². The van der Waals surface area contributed by atoms with Crippen molar-refractivity contribution in [1.29, 1.82) is 0 Å². The van der Waals surface area contributed by atoms with Gasteiger partial charge >= 0.3 is 0 Å². The molecule has 2 N–H and O–H groups in total. The van der Waals surface area contributed by atoms with E-state index < -0.39 is 0 Å². The van der Waals surface area contributed by atoms with Crippen LogP contribution >= 0.6 is 28.3 Å². The van der Waals surface area contributed by atoms with Crippen LogP contribution in [0.1, 0.15) is 31.4 Å². The van der Waals surface area contributed by atoms with Crippen molar-refractivity contribution < 1.29 is 0 Å². The Balaban J connectivity index is 0.00000144. The Morgan fingerprint density at radius 3 is 2.76 bits per heavy atom. The Bertz CT molecular complexity index is 359. The third kappa shape index (κ3) is 3.68. The molecule has 2 rings (SSSR count). The van der Waals surface area contributed by atoms with E-state index >= 15 is 0 Å². The molecular weight excluding hydrogens is 300 g/mol. The normalized spacial score (nSPS) is 22.9. The zero-order valence-electron chi connectivity index (χ0n) is 10.1. The van der Waals surface area contributed by atoms with Crippen LogP contribution in [0.2, 0.25) is 0 Å². The van der Waals surface area contributed by atoms with E-state index in [0.29, 0.717) is 12.1 Å². The smallest absolute Gasteiger partial charge is 0.0331 e. The summed E-state index contributed by atoms with van der Waals surface area (Å²) in [5.41, 5.74) is 7.38. The minimum absolute atomic E-state index is 0. The number of piperidine rings is 1. The summed E-state index contributed by atoms with van der Waals surface area (Å²) in [6.45, 7) is 4.44. The summed E-state index contributed by atoms with van der Waals surface area (Å²) >= 11 is 3.62.